The van der Waals surface area contributed by atoms with Crippen LogP contribution in [0.3, 0.4) is 0 Å². The van der Waals surface area contributed by atoms with Crippen LogP contribution in [0.25, 0.3) is 0 Å². The van der Waals surface area contributed by atoms with E-state index in [-0.39, 0.29) is 42.7 Å². The van der Waals surface area contributed by atoms with Crippen LogP contribution in [0.2, 0.25) is 5.02 Å². The standard InChI is InChI=1S/C16H17ClF3N3O2/c17-10-1-2-11(12(18)7-10)14(24)22-3-5-23(6-4-22)15(25)13-8-16(19,20)9-21-13/h1-2,7,13,21H,3-6,8-9H2. The summed E-state index contributed by atoms with van der Waals surface area (Å²) in [6.45, 7) is 0.385. The van der Waals surface area contributed by atoms with Gasteiger partial charge in [-0.1, -0.05) is 11.6 Å². The van der Waals surface area contributed by atoms with Crippen molar-refractivity contribution in [1.82, 2.24) is 15.1 Å². The highest BCUT2D eigenvalue weighted by Crippen LogP contribution is 2.26. The van der Waals surface area contributed by atoms with Gasteiger partial charge in [0.2, 0.25) is 5.91 Å². The Morgan fingerprint density at radius 3 is 2.36 bits per heavy atom. The number of amides is 2. The zero-order valence-electron chi connectivity index (χ0n) is 13.3. The quantitative estimate of drug-likeness (QED) is 0.857. The van der Waals surface area contributed by atoms with E-state index in [0.29, 0.717) is 0 Å². The number of carbonyl (C=O) groups is 2. The summed E-state index contributed by atoms with van der Waals surface area (Å²) in [5.74, 6) is -4.44. The average Bonchev–Trinajstić information content (AvgIpc) is 2.94. The highest BCUT2D eigenvalue weighted by molar-refractivity contribution is 6.30. The summed E-state index contributed by atoms with van der Waals surface area (Å²) in [6.07, 6.45) is -0.513. The fraction of sp³-hybridized carbons (Fsp3) is 0.500. The van der Waals surface area contributed by atoms with Crippen LogP contribution < -0.4 is 5.32 Å². The van der Waals surface area contributed by atoms with Gasteiger partial charge in [0.1, 0.15) is 5.82 Å². The Morgan fingerprint density at radius 2 is 1.80 bits per heavy atom. The lowest BCUT2D eigenvalue weighted by Crippen LogP contribution is -2.54. The highest BCUT2D eigenvalue weighted by atomic mass is 35.5. The van der Waals surface area contributed by atoms with Gasteiger partial charge in [-0.2, -0.15) is 0 Å². The molecule has 1 aromatic rings. The number of nitrogens with zero attached hydrogens (tertiary/aromatic N) is 2. The number of benzene rings is 1. The van der Waals surface area contributed by atoms with E-state index in [2.05, 4.69) is 5.32 Å². The molecule has 0 spiro atoms. The number of alkyl halides is 2. The minimum absolute atomic E-state index is 0.0821. The van der Waals surface area contributed by atoms with Gasteiger partial charge >= 0.3 is 0 Å². The van der Waals surface area contributed by atoms with Crippen molar-refractivity contribution in [2.75, 3.05) is 32.7 Å². The zero-order valence-corrected chi connectivity index (χ0v) is 14.0. The summed E-state index contributed by atoms with van der Waals surface area (Å²) in [6, 6.07) is 2.93. The van der Waals surface area contributed by atoms with Crippen molar-refractivity contribution < 1.29 is 22.8 Å². The number of hydrogen-bond acceptors (Lipinski definition) is 3. The number of piperazine rings is 1. The maximum absolute atomic E-state index is 13.9. The third-order valence-electron chi connectivity index (χ3n) is 4.45. The van der Waals surface area contributed by atoms with E-state index < -0.39 is 36.7 Å². The zero-order chi connectivity index (χ0) is 18.2. The fourth-order valence-corrected chi connectivity index (χ4v) is 3.23. The molecule has 1 N–H and O–H groups in total. The normalized spacial score (nSPS) is 23.0. The molecule has 25 heavy (non-hydrogen) atoms. The van der Waals surface area contributed by atoms with Crippen LogP contribution in [-0.4, -0.2) is 66.3 Å². The monoisotopic (exact) mass is 375 g/mol. The van der Waals surface area contributed by atoms with Gasteiger partial charge in [-0.15, -0.1) is 0 Å². The molecule has 2 fully saturated rings. The van der Waals surface area contributed by atoms with Crippen molar-refractivity contribution in [3.05, 3.63) is 34.6 Å². The Balaban J connectivity index is 1.58. The van der Waals surface area contributed by atoms with Crippen molar-refractivity contribution in [1.29, 1.82) is 0 Å². The minimum atomic E-state index is -2.87. The van der Waals surface area contributed by atoms with Crippen LogP contribution in [0.5, 0.6) is 0 Å². The van der Waals surface area contributed by atoms with Crippen molar-refractivity contribution in [3.8, 4) is 0 Å². The lowest BCUT2D eigenvalue weighted by atomic mass is 10.1. The van der Waals surface area contributed by atoms with Crippen LogP contribution in [0.1, 0.15) is 16.8 Å². The second-order valence-corrected chi connectivity index (χ2v) is 6.67. The molecule has 2 aliphatic heterocycles. The second kappa shape index (κ2) is 6.84. The van der Waals surface area contributed by atoms with Crippen LogP contribution in [0.15, 0.2) is 18.2 Å². The van der Waals surface area contributed by atoms with Crippen molar-refractivity contribution in [2.45, 2.75) is 18.4 Å². The number of nitrogens with one attached hydrogen (secondary N) is 1. The lowest BCUT2D eigenvalue weighted by Gasteiger charge is -2.36. The largest absolute Gasteiger partial charge is 0.338 e. The van der Waals surface area contributed by atoms with Gasteiger partial charge in [-0.05, 0) is 18.2 Å². The number of halogens is 4. The summed E-state index contributed by atoms with van der Waals surface area (Å²) in [4.78, 5) is 27.6. The van der Waals surface area contributed by atoms with Crippen molar-refractivity contribution in [3.63, 3.8) is 0 Å². The molecule has 2 saturated heterocycles. The Labute approximate surface area is 147 Å². The molecule has 0 saturated carbocycles. The smallest absolute Gasteiger partial charge is 0.262 e. The van der Waals surface area contributed by atoms with Crippen LogP contribution >= 0.6 is 11.6 Å². The third kappa shape index (κ3) is 3.90. The lowest BCUT2D eigenvalue weighted by molar-refractivity contribution is -0.135. The molecule has 9 heteroatoms. The van der Waals surface area contributed by atoms with E-state index >= 15 is 0 Å². The van der Waals surface area contributed by atoms with Gasteiger partial charge in [0.25, 0.3) is 11.8 Å². The van der Waals surface area contributed by atoms with Gasteiger partial charge < -0.3 is 9.80 Å². The molecule has 0 bridgehead atoms. The molecule has 136 valence electrons. The molecule has 0 aromatic heterocycles. The van der Waals surface area contributed by atoms with E-state index in [4.69, 9.17) is 11.6 Å². The fourth-order valence-electron chi connectivity index (χ4n) is 3.07. The van der Waals surface area contributed by atoms with Gasteiger partial charge in [0, 0.05) is 37.6 Å². The Morgan fingerprint density at radius 1 is 1.16 bits per heavy atom. The summed E-state index contributed by atoms with van der Waals surface area (Å²) >= 11 is 5.68. The van der Waals surface area contributed by atoms with E-state index in [1.807, 2.05) is 0 Å². The molecule has 1 aromatic carbocycles. The molecule has 2 aliphatic rings. The van der Waals surface area contributed by atoms with Gasteiger partial charge in [-0.25, -0.2) is 13.2 Å². The van der Waals surface area contributed by atoms with Crippen molar-refractivity contribution in [2.24, 2.45) is 0 Å². The predicted molar refractivity (Wildman–Crippen MR) is 85.2 cm³/mol. The van der Waals surface area contributed by atoms with E-state index in [0.717, 1.165) is 6.07 Å². The van der Waals surface area contributed by atoms with E-state index in [9.17, 15) is 22.8 Å². The summed E-state index contributed by atoms with van der Waals surface area (Å²) in [5, 5.41) is 2.73. The Bertz CT molecular complexity index is 693. The first-order valence-corrected chi connectivity index (χ1v) is 8.29. The predicted octanol–water partition coefficient (Wildman–Crippen LogP) is 1.76. The maximum Gasteiger partial charge on any atom is 0.262 e. The summed E-state index contributed by atoms with van der Waals surface area (Å²) in [5.41, 5.74) is -0.0821. The Kier molecular flexibility index (Phi) is 4.92. The topological polar surface area (TPSA) is 52.7 Å². The summed E-state index contributed by atoms with van der Waals surface area (Å²) in [7, 11) is 0. The first-order valence-electron chi connectivity index (χ1n) is 7.91. The maximum atomic E-state index is 13.9. The molecule has 0 radical (unpaired) electrons. The van der Waals surface area contributed by atoms with E-state index in [1.54, 1.807) is 0 Å². The number of carbonyl (C=O) groups excluding carboxylic acids is 2. The molecule has 1 atom stereocenters. The first kappa shape index (κ1) is 18.0. The van der Waals surface area contributed by atoms with Gasteiger partial charge in [-0.3, -0.25) is 14.9 Å². The van der Waals surface area contributed by atoms with Crippen LogP contribution in [0, 0.1) is 5.82 Å². The minimum Gasteiger partial charge on any atom is -0.338 e. The van der Waals surface area contributed by atoms with Crippen LogP contribution in [0.4, 0.5) is 13.2 Å². The van der Waals surface area contributed by atoms with E-state index in [1.165, 1.54) is 21.9 Å². The number of rotatable bonds is 2. The Hall–Kier alpha value is -1.80. The van der Waals surface area contributed by atoms with Crippen molar-refractivity contribution >= 4 is 23.4 Å². The molecule has 0 aliphatic carbocycles. The SMILES string of the molecule is O=C(c1ccc(Cl)cc1F)N1CCN(C(=O)C2CC(F)(F)CN2)CC1. The molecule has 1 unspecified atom stereocenters. The van der Waals surface area contributed by atoms with Crippen LogP contribution in [-0.2, 0) is 4.79 Å². The van der Waals surface area contributed by atoms with Gasteiger partial charge in [0.15, 0.2) is 0 Å². The third-order valence-corrected chi connectivity index (χ3v) is 4.68. The number of hydrogen-bond donors (Lipinski definition) is 1. The van der Waals surface area contributed by atoms with Gasteiger partial charge in [0.05, 0.1) is 18.2 Å². The molecular weight excluding hydrogens is 359 g/mol. The first-order chi connectivity index (χ1) is 11.8. The molecular formula is C16H17ClF3N3O2. The summed E-state index contributed by atoms with van der Waals surface area (Å²) < 4.78 is 40.3. The molecule has 2 amide bonds. The highest BCUT2D eigenvalue weighted by Gasteiger charge is 2.44. The second-order valence-electron chi connectivity index (χ2n) is 6.24. The molecule has 3 rings (SSSR count). The molecule has 5 nitrogen and oxygen atoms in total. The molecule has 2 heterocycles. The average molecular weight is 376 g/mol.